The van der Waals surface area contributed by atoms with E-state index in [0.717, 1.165) is 0 Å². The average molecular weight is 273 g/mol. The van der Waals surface area contributed by atoms with E-state index < -0.39 is 0 Å². The van der Waals surface area contributed by atoms with E-state index in [2.05, 4.69) is 23.2 Å². The fraction of sp³-hybridized carbons (Fsp3) is 0. The van der Waals surface area contributed by atoms with Gasteiger partial charge in [0.25, 0.3) is 0 Å². The summed E-state index contributed by atoms with van der Waals surface area (Å²) in [5.41, 5.74) is 0. The van der Waals surface area contributed by atoms with Crippen LogP contribution in [0.15, 0.2) is 0 Å². The van der Waals surface area contributed by atoms with Crippen LogP contribution >= 0.6 is 0 Å². The standard InChI is InChI=1S/3BO.Ir/c3*1-2;. The van der Waals surface area contributed by atoms with Crippen LogP contribution in [0.1, 0.15) is 0 Å². The van der Waals surface area contributed by atoms with Crippen molar-refractivity contribution in [1.82, 2.24) is 0 Å². The molecule has 0 aliphatic rings. The van der Waals surface area contributed by atoms with Crippen molar-refractivity contribution in [1.29, 1.82) is 0 Å². The fourth-order valence-corrected chi connectivity index (χ4v) is 0. The molecule has 0 bridgehead atoms. The molecule has 0 aromatic heterocycles. The maximum absolute atomic E-state index is 7.75. The van der Waals surface area contributed by atoms with Crippen LogP contribution in [0.5, 0.6) is 0 Å². The van der Waals surface area contributed by atoms with Crippen molar-refractivity contribution in [2.75, 3.05) is 0 Å². The minimum absolute atomic E-state index is 0. The molecule has 0 saturated carbocycles. The van der Waals surface area contributed by atoms with E-state index in [1.165, 1.54) is 0 Å². The van der Waals surface area contributed by atoms with Gasteiger partial charge in [-0.3, -0.25) is 0 Å². The Bertz CT molecular complexity index is 14.9. The summed E-state index contributed by atoms with van der Waals surface area (Å²) in [6.07, 6.45) is 0. The zero-order valence-electron chi connectivity index (χ0n) is 3.29. The Hall–Kier alpha value is 0.244. The van der Waals surface area contributed by atoms with Crippen LogP contribution in [-0.2, 0) is 34.2 Å². The molecular weight excluding hydrogens is 273 g/mol. The Labute approximate surface area is 57.9 Å². The molecule has 0 amide bonds. The second-order valence-corrected chi connectivity index (χ2v) is 0. The summed E-state index contributed by atoms with van der Waals surface area (Å²) in [6.45, 7) is 0. The zero-order valence-corrected chi connectivity index (χ0v) is 5.69. The van der Waals surface area contributed by atoms with Gasteiger partial charge in [-0.2, -0.15) is 0 Å². The Balaban J connectivity index is -0.00000000900. The van der Waals surface area contributed by atoms with Gasteiger partial charge in [-0.25, -0.2) is 0 Å². The van der Waals surface area contributed by atoms with E-state index in [0.29, 0.717) is 0 Å². The van der Waals surface area contributed by atoms with Crippen LogP contribution in [0.3, 0.4) is 0 Å². The maximum atomic E-state index is 7.75. The maximum Gasteiger partial charge on any atom is 0 e. The first kappa shape index (κ1) is 26.8. The van der Waals surface area contributed by atoms with Crippen LogP contribution in [0.25, 0.3) is 0 Å². The summed E-state index contributed by atoms with van der Waals surface area (Å²) >= 11 is 0. The molecule has 3 nitrogen and oxygen atoms in total. The van der Waals surface area contributed by atoms with Crippen LogP contribution in [0.4, 0.5) is 0 Å². The smallest absolute Gasteiger partial charge is 0 e. The Morgan fingerprint density at radius 3 is 0.571 bits per heavy atom. The quantitative estimate of drug-likeness (QED) is 0.504. The Morgan fingerprint density at radius 2 is 0.571 bits per heavy atom. The van der Waals surface area contributed by atoms with Crippen molar-refractivity contribution < 1.29 is 34.2 Å². The molecule has 0 aliphatic carbocycles. The molecular formula is B3IrO3. The van der Waals surface area contributed by atoms with Crippen molar-refractivity contribution in [3.8, 4) is 0 Å². The molecule has 0 fully saturated rings. The number of hydrogen-bond acceptors (Lipinski definition) is 3. The first-order chi connectivity index (χ1) is 3.00. The molecule has 0 saturated heterocycles. The molecule has 0 N–H and O–H groups in total. The van der Waals surface area contributed by atoms with Crippen molar-refractivity contribution in [3.05, 3.63) is 0 Å². The minimum Gasteiger partial charge on any atom is 0 e. The first-order valence-electron chi connectivity index (χ1n) is 0.707. The fourth-order valence-electron chi connectivity index (χ4n) is 0. The van der Waals surface area contributed by atoms with Crippen LogP contribution in [0.2, 0.25) is 0 Å². The van der Waals surface area contributed by atoms with E-state index >= 15 is 0 Å². The summed E-state index contributed by atoms with van der Waals surface area (Å²) in [5, 5.41) is 0. The van der Waals surface area contributed by atoms with Crippen molar-refractivity contribution in [2.24, 2.45) is 0 Å². The van der Waals surface area contributed by atoms with Gasteiger partial charge in [0.2, 0.25) is 0 Å². The molecule has 0 spiro atoms. The predicted octanol–water partition coefficient (Wildman–Crippen LogP) is -1.50. The van der Waals surface area contributed by atoms with Crippen molar-refractivity contribution in [2.45, 2.75) is 0 Å². The second kappa shape index (κ2) is 2880. The molecule has 0 aromatic carbocycles. The van der Waals surface area contributed by atoms with Gasteiger partial charge in [-0.05, 0) is 0 Å². The summed E-state index contributed by atoms with van der Waals surface area (Å²) in [4.78, 5) is 0. The van der Waals surface area contributed by atoms with Gasteiger partial charge in [-0.15, -0.1) is 0 Å². The van der Waals surface area contributed by atoms with Gasteiger partial charge in [-0.1, -0.05) is 0 Å². The Kier molecular flexibility index (Phi) is 11000. The zero-order chi connectivity index (χ0) is 6.00. The van der Waals surface area contributed by atoms with E-state index in [9.17, 15) is 0 Å². The largest absolute Gasteiger partial charge is 0 e. The Morgan fingerprint density at radius 1 is 0.571 bits per heavy atom. The summed E-state index contributed by atoms with van der Waals surface area (Å²) < 4.78 is 23.2. The molecule has 0 aliphatic heterocycles. The molecule has 0 rings (SSSR count). The van der Waals surface area contributed by atoms with Gasteiger partial charge in [0, 0.05) is 20.1 Å². The molecule has 0 atom stereocenters. The molecule has 0 unspecified atom stereocenters. The van der Waals surface area contributed by atoms with Gasteiger partial charge in [0.1, 0.15) is 0 Å². The third kappa shape index (κ3) is 1890. The van der Waals surface area contributed by atoms with Crippen molar-refractivity contribution in [3.63, 3.8) is 0 Å². The van der Waals surface area contributed by atoms with E-state index in [1.807, 2.05) is 0 Å². The van der Waals surface area contributed by atoms with Crippen LogP contribution in [0, 0.1) is 0 Å². The van der Waals surface area contributed by atoms with Crippen LogP contribution < -0.4 is 0 Å². The topological polar surface area (TPSA) is 51.2 Å². The number of rotatable bonds is 0. The normalized spacial score (nSPS) is 1.29. The summed E-state index contributed by atoms with van der Waals surface area (Å²) in [5.74, 6) is 0. The molecule has 7 heteroatoms. The molecule has 7 heavy (non-hydrogen) atoms. The van der Waals surface area contributed by atoms with Gasteiger partial charge < -0.3 is 0 Å². The third-order valence-corrected chi connectivity index (χ3v) is 0. The minimum atomic E-state index is 0. The third-order valence-electron chi connectivity index (χ3n) is 0. The van der Waals surface area contributed by atoms with Gasteiger partial charge in [0.15, 0.2) is 0 Å². The van der Waals surface area contributed by atoms with Gasteiger partial charge in [0.05, 0.1) is 0 Å². The molecule has 4 radical (unpaired) electrons. The average Bonchev–Trinajstić information content (AvgIpc) is 1.81. The second-order valence-electron chi connectivity index (χ2n) is 0. The molecule has 36 valence electrons. The SMILES string of the molecule is [B]=O.[B]=O.[B]=O.[Ir]. The first-order valence-corrected chi connectivity index (χ1v) is 0.707. The summed E-state index contributed by atoms with van der Waals surface area (Å²) in [6, 6.07) is 0. The monoisotopic (exact) mass is 274 g/mol. The number of hydrogen-bond donors (Lipinski definition) is 0. The van der Waals surface area contributed by atoms with Gasteiger partial charge >= 0.3 is 37.3 Å². The summed E-state index contributed by atoms with van der Waals surface area (Å²) in [7, 11) is 9.75. The predicted molar refractivity (Wildman–Crippen MR) is 19.3 cm³/mol. The van der Waals surface area contributed by atoms with E-state index in [4.69, 9.17) is 14.1 Å². The van der Waals surface area contributed by atoms with E-state index in [-0.39, 0.29) is 20.1 Å². The molecule has 0 heterocycles. The van der Waals surface area contributed by atoms with Crippen molar-refractivity contribution >= 4 is 23.2 Å². The molecule has 0 aromatic rings. The van der Waals surface area contributed by atoms with Crippen LogP contribution in [-0.4, -0.2) is 23.2 Å². The van der Waals surface area contributed by atoms with E-state index in [1.54, 1.807) is 0 Å².